The minimum atomic E-state index is -0.826. The fourth-order valence-electron chi connectivity index (χ4n) is 2.45. The predicted molar refractivity (Wildman–Crippen MR) is 100 cm³/mol. The van der Waals surface area contributed by atoms with Crippen molar-refractivity contribution in [3.05, 3.63) is 23.2 Å². The van der Waals surface area contributed by atoms with Crippen LogP contribution in [0, 0.1) is 0 Å². The fourth-order valence-corrected chi connectivity index (χ4v) is 2.69. The average Bonchev–Trinajstić information content (AvgIpc) is 2.54. The Kier molecular flexibility index (Phi) is 9.16. The van der Waals surface area contributed by atoms with Crippen molar-refractivity contribution in [2.24, 2.45) is 0 Å². The lowest BCUT2D eigenvalue weighted by Crippen LogP contribution is -2.42. The summed E-state index contributed by atoms with van der Waals surface area (Å²) in [6.07, 6.45) is 4.78. The van der Waals surface area contributed by atoms with Crippen molar-refractivity contribution in [1.29, 1.82) is 0 Å². The number of hydrogen-bond acceptors (Lipinski definition) is 3. The van der Waals surface area contributed by atoms with E-state index in [1.54, 1.807) is 18.2 Å². The lowest BCUT2D eigenvalue weighted by atomic mass is 9.96. The summed E-state index contributed by atoms with van der Waals surface area (Å²) in [5, 5.41) is 3.41. The number of nitrogens with one attached hydrogen (secondary N) is 1. The molecule has 0 spiro atoms. The molecule has 0 radical (unpaired) electrons. The van der Waals surface area contributed by atoms with Crippen LogP contribution in [-0.2, 0) is 9.53 Å². The molecule has 1 aromatic rings. The van der Waals surface area contributed by atoms with Gasteiger partial charge in [0, 0.05) is 12.3 Å². The van der Waals surface area contributed by atoms with E-state index in [9.17, 15) is 4.79 Å². The van der Waals surface area contributed by atoms with Crippen LogP contribution in [0.2, 0.25) is 5.02 Å². The van der Waals surface area contributed by atoms with Crippen LogP contribution < -0.4 is 10.1 Å². The lowest BCUT2D eigenvalue weighted by molar-refractivity contribution is -0.139. The molecular weight excluding hydrogens is 326 g/mol. The van der Waals surface area contributed by atoms with E-state index in [2.05, 4.69) is 12.2 Å². The molecule has 4 nitrogen and oxygen atoms in total. The highest BCUT2D eigenvalue weighted by molar-refractivity contribution is 6.32. The molecule has 0 aliphatic carbocycles. The third-order valence-corrected chi connectivity index (χ3v) is 4.15. The Balaban J connectivity index is 2.77. The van der Waals surface area contributed by atoms with Gasteiger partial charge >= 0.3 is 0 Å². The smallest absolute Gasteiger partial charge is 0.256 e. The first-order valence-corrected chi connectivity index (χ1v) is 9.22. The molecule has 0 aliphatic heterocycles. The van der Waals surface area contributed by atoms with Gasteiger partial charge in [0.1, 0.15) is 11.4 Å². The number of carbonyl (C=O) groups is 1. The molecule has 0 unspecified atom stereocenters. The van der Waals surface area contributed by atoms with Crippen LogP contribution in [-0.4, -0.2) is 24.7 Å². The number of hydrogen-bond donors (Lipinski definition) is 1. The van der Waals surface area contributed by atoms with Gasteiger partial charge in [-0.25, -0.2) is 0 Å². The summed E-state index contributed by atoms with van der Waals surface area (Å²) in [7, 11) is 0. The highest BCUT2D eigenvalue weighted by Crippen LogP contribution is 2.29. The Morgan fingerprint density at radius 2 is 1.96 bits per heavy atom. The second-order valence-corrected chi connectivity index (χ2v) is 6.48. The van der Waals surface area contributed by atoms with Crippen LogP contribution in [0.5, 0.6) is 5.75 Å². The van der Waals surface area contributed by atoms with Crippen LogP contribution in [0.25, 0.3) is 0 Å². The number of halogens is 1. The first-order chi connectivity index (χ1) is 11.5. The van der Waals surface area contributed by atoms with Crippen molar-refractivity contribution >= 4 is 23.2 Å². The summed E-state index contributed by atoms with van der Waals surface area (Å²) in [6, 6.07) is 5.29. The zero-order valence-electron chi connectivity index (χ0n) is 15.3. The van der Waals surface area contributed by atoms with E-state index in [0.717, 1.165) is 25.7 Å². The number of anilines is 1. The highest BCUT2D eigenvalue weighted by Gasteiger charge is 2.33. The van der Waals surface area contributed by atoms with E-state index < -0.39 is 5.60 Å². The van der Waals surface area contributed by atoms with Crippen molar-refractivity contribution in [2.75, 3.05) is 18.5 Å². The van der Waals surface area contributed by atoms with Crippen molar-refractivity contribution in [3.63, 3.8) is 0 Å². The molecule has 0 saturated carbocycles. The third-order valence-electron chi connectivity index (χ3n) is 3.85. The highest BCUT2D eigenvalue weighted by atomic mass is 35.5. The maximum Gasteiger partial charge on any atom is 0.256 e. The normalized spacial score (nSPS) is 13.4. The maximum absolute atomic E-state index is 12.7. The standard InChI is InChI=1S/C19H30ClNO3/c1-5-8-9-12-19(4,24-7-3)18(22)21-15-10-11-17(16(20)14-15)23-13-6-2/h10-11,14H,5-9,12-13H2,1-4H3,(H,21,22)/t19-/m1/s1. The van der Waals surface area contributed by atoms with Crippen molar-refractivity contribution in [3.8, 4) is 5.75 Å². The molecule has 0 saturated heterocycles. The van der Waals surface area contributed by atoms with Crippen molar-refractivity contribution < 1.29 is 14.3 Å². The van der Waals surface area contributed by atoms with E-state index in [1.165, 1.54) is 0 Å². The molecule has 1 aromatic carbocycles. The van der Waals surface area contributed by atoms with E-state index in [4.69, 9.17) is 21.1 Å². The third kappa shape index (κ3) is 6.33. The van der Waals surface area contributed by atoms with Gasteiger partial charge in [0.25, 0.3) is 5.91 Å². The quantitative estimate of drug-likeness (QED) is 0.537. The van der Waals surface area contributed by atoms with Gasteiger partial charge < -0.3 is 14.8 Å². The Morgan fingerprint density at radius 1 is 1.21 bits per heavy atom. The topological polar surface area (TPSA) is 47.6 Å². The number of rotatable bonds is 11. The average molecular weight is 356 g/mol. The van der Waals surface area contributed by atoms with Gasteiger partial charge in [0.15, 0.2) is 0 Å². The van der Waals surface area contributed by atoms with Crippen LogP contribution >= 0.6 is 11.6 Å². The van der Waals surface area contributed by atoms with Crippen molar-refractivity contribution in [2.45, 2.75) is 65.4 Å². The van der Waals surface area contributed by atoms with Gasteiger partial charge in [-0.3, -0.25) is 4.79 Å². The second-order valence-electron chi connectivity index (χ2n) is 6.07. The zero-order chi connectivity index (χ0) is 18.0. The first-order valence-electron chi connectivity index (χ1n) is 8.84. The van der Waals surface area contributed by atoms with Gasteiger partial charge in [0.2, 0.25) is 0 Å². The Labute approximate surface area is 150 Å². The van der Waals surface area contributed by atoms with Gasteiger partial charge in [-0.15, -0.1) is 0 Å². The summed E-state index contributed by atoms with van der Waals surface area (Å²) in [5.74, 6) is 0.491. The van der Waals surface area contributed by atoms with Crippen LogP contribution in [0.3, 0.4) is 0 Å². The van der Waals surface area contributed by atoms with Gasteiger partial charge in [0.05, 0.1) is 11.6 Å². The molecular formula is C19H30ClNO3. The molecule has 1 atom stereocenters. The molecule has 0 aromatic heterocycles. The summed E-state index contributed by atoms with van der Waals surface area (Å²) >= 11 is 6.22. The van der Waals surface area contributed by atoms with E-state index in [0.29, 0.717) is 36.1 Å². The Hall–Kier alpha value is -1.26. The zero-order valence-corrected chi connectivity index (χ0v) is 16.0. The molecule has 0 aliphatic rings. The Bertz CT molecular complexity index is 521. The lowest BCUT2D eigenvalue weighted by Gasteiger charge is -2.28. The molecule has 0 heterocycles. The second kappa shape index (κ2) is 10.6. The van der Waals surface area contributed by atoms with Crippen molar-refractivity contribution in [1.82, 2.24) is 0 Å². The molecule has 0 bridgehead atoms. The molecule has 1 N–H and O–H groups in total. The first kappa shape index (κ1) is 20.8. The summed E-state index contributed by atoms with van der Waals surface area (Å²) in [4.78, 5) is 12.7. The number of ether oxygens (including phenoxy) is 2. The SMILES string of the molecule is CCCCC[C@@](C)(OCC)C(=O)Nc1ccc(OCCC)c(Cl)c1. The molecule has 24 heavy (non-hydrogen) atoms. The number of carbonyl (C=O) groups excluding carboxylic acids is 1. The molecule has 1 amide bonds. The van der Waals surface area contributed by atoms with E-state index in [1.807, 2.05) is 20.8 Å². The Morgan fingerprint density at radius 3 is 2.54 bits per heavy atom. The summed E-state index contributed by atoms with van der Waals surface area (Å²) in [5.41, 5.74) is -0.177. The summed E-state index contributed by atoms with van der Waals surface area (Å²) < 4.78 is 11.3. The van der Waals surface area contributed by atoms with Crippen LogP contribution in [0.15, 0.2) is 18.2 Å². The number of benzene rings is 1. The van der Waals surface area contributed by atoms with E-state index >= 15 is 0 Å². The monoisotopic (exact) mass is 355 g/mol. The number of amides is 1. The minimum absolute atomic E-state index is 0.140. The predicted octanol–water partition coefficient (Wildman–Crippen LogP) is 5.44. The van der Waals surface area contributed by atoms with Gasteiger partial charge in [-0.1, -0.05) is 44.7 Å². The minimum Gasteiger partial charge on any atom is -0.492 e. The summed E-state index contributed by atoms with van der Waals surface area (Å²) in [6.45, 7) is 9.05. The largest absolute Gasteiger partial charge is 0.492 e. The van der Waals surface area contributed by atoms with E-state index in [-0.39, 0.29) is 5.91 Å². The van der Waals surface area contributed by atoms with Gasteiger partial charge in [-0.05, 0) is 44.9 Å². The fraction of sp³-hybridized carbons (Fsp3) is 0.632. The molecule has 1 rings (SSSR count). The maximum atomic E-state index is 12.7. The van der Waals surface area contributed by atoms with Gasteiger partial charge in [-0.2, -0.15) is 0 Å². The van der Waals surface area contributed by atoms with Crippen LogP contribution in [0.4, 0.5) is 5.69 Å². The molecule has 136 valence electrons. The van der Waals surface area contributed by atoms with Crippen LogP contribution in [0.1, 0.15) is 59.8 Å². The number of unbranched alkanes of at least 4 members (excludes halogenated alkanes) is 2. The molecule has 5 heteroatoms. The molecule has 0 fully saturated rings.